The minimum atomic E-state index is -4.83. The second-order valence-corrected chi connectivity index (χ2v) is 14.1. The minimum Gasteiger partial charge on any atom is -0.481 e. The maximum Gasteiger partial charge on any atom is 0.421 e. The lowest BCUT2D eigenvalue weighted by Gasteiger charge is -2.41. The van der Waals surface area contributed by atoms with E-state index in [2.05, 4.69) is 15.6 Å². The number of alkyl halides is 3. The molecule has 2 aliphatic carbocycles. The number of methoxy groups -OCH3 is 3. The van der Waals surface area contributed by atoms with Gasteiger partial charge in [0.25, 0.3) is 0 Å². The molecule has 0 saturated heterocycles. The van der Waals surface area contributed by atoms with Crippen molar-refractivity contribution in [2.75, 3.05) is 27.9 Å². The van der Waals surface area contributed by atoms with Crippen LogP contribution in [0.5, 0.6) is 17.6 Å². The Hall–Kier alpha value is -4.47. The number of hydrogen-bond acceptors (Lipinski definition) is 10. The zero-order chi connectivity index (χ0) is 38.8. The number of ether oxygens (including phenoxy) is 4. The summed E-state index contributed by atoms with van der Waals surface area (Å²) >= 11 is 7.09. The van der Waals surface area contributed by atoms with Crippen molar-refractivity contribution >= 4 is 17.6 Å². The molecule has 0 unspecified atom stereocenters. The van der Waals surface area contributed by atoms with Crippen LogP contribution in [0.1, 0.15) is 60.1 Å². The number of pyridine rings is 2. The van der Waals surface area contributed by atoms with Crippen molar-refractivity contribution in [3.05, 3.63) is 87.4 Å². The highest BCUT2D eigenvalue weighted by Gasteiger charge is 2.39. The number of benzene rings is 2. The number of rotatable bonds is 15. The van der Waals surface area contributed by atoms with Gasteiger partial charge in [0.2, 0.25) is 17.6 Å². The van der Waals surface area contributed by atoms with Gasteiger partial charge in [0.1, 0.15) is 17.7 Å². The fraction of sp³-hybridized carbons (Fsp3) is 0.410. The van der Waals surface area contributed by atoms with E-state index >= 15 is 0 Å². The Bertz CT molecular complexity index is 2000. The molecule has 15 heteroatoms. The van der Waals surface area contributed by atoms with Crippen LogP contribution in [-0.4, -0.2) is 71.8 Å². The van der Waals surface area contributed by atoms with Gasteiger partial charge in [-0.25, -0.2) is 4.98 Å². The van der Waals surface area contributed by atoms with Gasteiger partial charge >= 0.3 is 12.1 Å². The summed E-state index contributed by atoms with van der Waals surface area (Å²) in [5.41, 5.74) is 3.58. The molecule has 1 saturated carbocycles. The number of aromatic nitrogens is 2. The molecule has 4 N–H and O–H groups in total. The minimum absolute atomic E-state index is 0.00504. The number of aliphatic hydroxyl groups is 1. The van der Waals surface area contributed by atoms with E-state index in [9.17, 15) is 28.2 Å². The molecule has 6 rings (SSSR count). The zero-order valence-corrected chi connectivity index (χ0v) is 31.0. The van der Waals surface area contributed by atoms with Crippen LogP contribution in [0.4, 0.5) is 13.2 Å². The second kappa shape index (κ2) is 16.1. The maximum atomic E-state index is 14.4. The molecule has 1 fully saturated rings. The summed E-state index contributed by atoms with van der Waals surface area (Å²) in [5.74, 6) is -1.54. The van der Waals surface area contributed by atoms with Crippen LogP contribution in [0.3, 0.4) is 0 Å². The standard InChI is InChI=1S/C39H42ClF3N4O7/c1-38(50)16-23(17-38)44-18-21-11-13-30(46-34(21)52-3)28-10-6-9-27(33(28)40)24-7-5-8-26-25(24)12-14-32(26)54-36-29(39(41,42)43)15-22(35(47-36)53-4)19-45-31(20-51-2)37(48)49/h5-11,13,15,23,31-32,44-45,50H,12,14,16-20H2,1-4H3,(H,48,49)/t23?,31-,32-,38?/m0/s1. The number of carboxylic acids is 1. The van der Waals surface area contributed by atoms with Gasteiger partial charge in [-0.1, -0.05) is 54.1 Å². The van der Waals surface area contributed by atoms with Crippen molar-refractivity contribution in [3.8, 4) is 40.0 Å². The number of nitrogens with zero attached hydrogens (tertiary/aromatic N) is 2. The Labute approximate surface area is 315 Å². The molecule has 0 spiro atoms. The summed E-state index contributed by atoms with van der Waals surface area (Å²) in [7, 11) is 4.15. The van der Waals surface area contributed by atoms with Crippen LogP contribution < -0.4 is 24.8 Å². The number of nitrogens with one attached hydrogen (secondary N) is 2. The van der Waals surface area contributed by atoms with Crippen LogP contribution in [0.15, 0.2) is 54.6 Å². The van der Waals surface area contributed by atoms with Crippen LogP contribution in [-0.2, 0) is 35.2 Å². The van der Waals surface area contributed by atoms with Gasteiger partial charge in [-0.2, -0.15) is 18.2 Å². The molecule has 0 amide bonds. The van der Waals surface area contributed by atoms with Crippen molar-refractivity contribution in [3.63, 3.8) is 0 Å². The highest BCUT2D eigenvalue weighted by molar-refractivity contribution is 6.36. The average molecular weight is 771 g/mol. The van der Waals surface area contributed by atoms with Crippen molar-refractivity contribution in [1.82, 2.24) is 20.6 Å². The van der Waals surface area contributed by atoms with Crippen molar-refractivity contribution in [1.29, 1.82) is 0 Å². The first kappa shape index (κ1) is 39.2. The molecule has 2 heterocycles. The number of aliphatic carboxylic acids is 1. The van der Waals surface area contributed by atoms with Crippen molar-refractivity contribution in [2.45, 2.75) is 75.7 Å². The maximum absolute atomic E-state index is 14.4. The van der Waals surface area contributed by atoms with E-state index in [1.54, 1.807) is 7.11 Å². The highest BCUT2D eigenvalue weighted by Crippen LogP contribution is 2.46. The molecule has 4 aromatic rings. The van der Waals surface area contributed by atoms with Crippen molar-refractivity contribution in [2.24, 2.45) is 0 Å². The van der Waals surface area contributed by atoms with E-state index in [1.165, 1.54) is 14.2 Å². The summed E-state index contributed by atoms with van der Waals surface area (Å²) in [4.78, 5) is 20.4. The third-order valence-corrected chi connectivity index (χ3v) is 10.2. The van der Waals surface area contributed by atoms with Gasteiger partial charge in [-0.15, -0.1) is 0 Å². The molecular weight excluding hydrogens is 729 g/mol. The first-order valence-corrected chi connectivity index (χ1v) is 17.8. The second-order valence-electron chi connectivity index (χ2n) is 13.8. The third-order valence-electron chi connectivity index (χ3n) is 9.82. The smallest absolute Gasteiger partial charge is 0.421 e. The molecule has 11 nitrogen and oxygen atoms in total. The molecule has 288 valence electrons. The van der Waals surface area contributed by atoms with Gasteiger partial charge in [-0.3, -0.25) is 10.1 Å². The van der Waals surface area contributed by atoms with E-state index in [0.717, 1.165) is 28.3 Å². The molecule has 0 aliphatic heterocycles. The predicted molar refractivity (Wildman–Crippen MR) is 195 cm³/mol. The number of fused-ring (bicyclic) bond motifs is 1. The SMILES string of the molecule is COC[C@H](NCc1cc(C(F)(F)F)c(O[C@H]2CCc3c(-c4cccc(-c5ccc(CNC6CC(C)(O)C6)c(OC)n5)c4Cl)cccc32)nc1OC)C(=O)O. The van der Waals surface area contributed by atoms with E-state index in [4.69, 9.17) is 35.5 Å². The van der Waals surface area contributed by atoms with E-state index in [0.29, 0.717) is 60.0 Å². The lowest BCUT2D eigenvalue weighted by atomic mass is 9.77. The molecule has 0 bridgehead atoms. The first-order chi connectivity index (χ1) is 25.7. The highest BCUT2D eigenvalue weighted by atomic mass is 35.5. The van der Waals surface area contributed by atoms with Gasteiger partial charge in [-0.05, 0) is 61.4 Å². The predicted octanol–water partition coefficient (Wildman–Crippen LogP) is 6.76. The molecular formula is C39H42ClF3N4O7. The van der Waals surface area contributed by atoms with Crippen LogP contribution in [0, 0.1) is 0 Å². The lowest BCUT2D eigenvalue weighted by molar-refractivity contribution is -0.141. The summed E-state index contributed by atoms with van der Waals surface area (Å²) in [5, 5.41) is 26.0. The monoisotopic (exact) mass is 770 g/mol. The summed E-state index contributed by atoms with van der Waals surface area (Å²) < 4.78 is 65.2. The summed E-state index contributed by atoms with van der Waals surface area (Å²) in [6.45, 7) is 1.89. The van der Waals surface area contributed by atoms with Crippen LogP contribution in [0.25, 0.3) is 22.4 Å². The summed E-state index contributed by atoms with van der Waals surface area (Å²) in [6, 6.07) is 14.9. The Balaban J connectivity index is 1.26. The van der Waals surface area contributed by atoms with E-state index < -0.39 is 41.3 Å². The molecule has 54 heavy (non-hydrogen) atoms. The fourth-order valence-electron chi connectivity index (χ4n) is 7.13. The average Bonchev–Trinajstić information content (AvgIpc) is 3.54. The van der Waals surface area contributed by atoms with E-state index in [1.807, 2.05) is 55.5 Å². The van der Waals surface area contributed by atoms with Gasteiger partial charge in [0.05, 0.1) is 37.1 Å². The third kappa shape index (κ3) is 8.42. The Morgan fingerprint density at radius 1 is 0.963 bits per heavy atom. The number of hydrogen-bond donors (Lipinski definition) is 4. The molecule has 2 aromatic heterocycles. The molecule has 2 atom stereocenters. The lowest BCUT2D eigenvalue weighted by Crippen LogP contribution is -2.51. The molecule has 0 radical (unpaired) electrons. The Morgan fingerprint density at radius 2 is 1.65 bits per heavy atom. The number of carboxylic acid groups (broad SMARTS) is 1. The molecule has 2 aliphatic rings. The first-order valence-electron chi connectivity index (χ1n) is 17.4. The van der Waals surface area contributed by atoms with Crippen molar-refractivity contribution < 1.29 is 47.1 Å². The van der Waals surface area contributed by atoms with Gasteiger partial charge in [0.15, 0.2) is 0 Å². The topological polar surface area (TPSA) is 144 Å². The van der Waals surface area contributed by atoms with Gasteiger partial charge < -0.3 is 34.5 Å². The van der Waals surface area contributed by atoms with Crippen LogP contribution >= 0.6 is 11.6 Å². The van der Waals surface area contributed by atoms with Crippen LogP contribution in [0.2, 0.25) is 5.02 Å². The Morgan fingerprint density at radius 3 is 2.31 bits per heavy atom. The quantitative estimate of drug-likeness (QED) is 0.102. The summed E-state index contributed by atoms with van der Waals surface area (Å²) in [6.07, 6.45) is -3.32. The van der Waals surface area contributed by atoms with E-state index in [-0.39, 0.29) is 30.6 Å². The molecule has 2 aromatic carbocycles. The number of carbonyl (C=O) groups is 1. The number of halogens is 4. The normalized spacial score (nSPS) is 19.9. The zero-order valence-electron chi connectivity index (χ0n) is 30.2. The fourth-order valence-corrected chi connectivity index (χ4v) is 7.45. The van der Waals surface area contributed by atoms with Gasteiger partial charge in [0, 0.05) is 48.5 Å². The largest absolute Gasteiger partial charge is 0.481 e. The Kier molecular flexibility index (Phi) is 11.7.